The number of nitrogens with one attached hydrogen (secondary N) is 1. The lowest BCUT2D eigenvalue weighted by molar-refractivity contribution is -0.142. The molecule has 0 heterocycles. The molecule has 0 aliphatic carbocycles. The van der Waals surface area contributed by atoms with E-state index < -0.39 is 6.04 Å². The number of unbranched alkanes of at least 4 members (excludes halogenated alkanes) is 1. The van der Waals surface area contributed by atoms with Crippen molar-refractivity contribution < 1.29 is 14.3 Å². The number of nitrogens with zero attached hydrogens (tertiary/aromatic N) is 1. The highest BCUT2D eigenvalue weighted by atomic mass is 35.5. The lowest BCUT2D eigenvalue weighted by atomic mass is 10.1. The number of amides is 2. The molecular formula is C24H30Cl2N2O3. The van der Waals surface area contributed by atoms with Crippen LogP contribution in [0.2, 0.25) is 10.0 Å². The number of aryl methyl sites for hydroxylation is 2. The van der Waals surface area contributed by atoms with Crippen molar-refractivity contribution in [1.29, 1.82) is 0 Å². The monoisotopic (exact) mass is 464 g/mol. The molecule has 2 aromatic carbocycles. The van der Waals surface area contributed by atoms with Gasteiger partial charge in [0.05, 0.1) is 0 Å². The van der Waals surface area contributed by atoms with E-state index in [4.69, 9.17) is 27.9 Å². The van der Waals surface area contributed by atoms with Gasteiger partial charge in [0, 0.05) is 23.1 Å². The van der Waals surface area contributed by atoms with E-state index in [0.717, 1.165) is 24.0 Å². The molecule has 2 amide bonds. The number of carbonyl (C=O) groups is 2. The average Bonchev–Trinajstić information content (AvgIpc) is 2.72. The Kier molecular flexibility index (Phi) is 9.66. The van der Waals surface area contributed by atoms with Gasteiger partial charge in [0.2, 0.25) is 5.91 Å². The molecule has 0 saturated carbocycles. The summed E-state index contributed by atoms with van der Waals surface area (Å²) in [5.74, 6) is 0.131. The second-order valence-electron chi connectivity index (χ2n) is 7.64. The van der Waals surface area contributed by atoms with Crippen LogP contribution >= 0.6 is 23.2 Å². The first kappa shape index (κ1) is 25.0. The van der Waals surface area contributed by atoms with Gasteiger partial charge < -0.3 is 15.0 Å². The molecule has 0 aromatic heterocycles. The quantitative estimate of drug-likeness (QED) is 0.483. The zero-order valence-corrected chi connectivity index (χ0v) is 20.0. The van der Waals surface area contributed by atoms with E-state index in [2.05, 4.69) is 12.2 Å². The van der Waals surface area contributed by atoms with Gasteiger partial charge in [-0.2, -0.15) is 0 Å². The summed E-state index contributed by atoms with van der Waals surface area (Å²) in [5.41, 5.74) is 2.78. The number of hydrogen-bond acceptors (Lipinski definition) is 3. The van der Waals surface area contributed by atoms with Crippen LogP contribution in [0.1, 0.15) is 43.4 Å². The molecule has 0 fully saturated rings. The molecule has 0 bridgehead atoms. The normalized spacial score (nSPS) is 11.7. The number of rotatable bonds is 10. The molecule has 0 radical (unpaired) electrons. The predicted octanol–water partition coefficient (Wildman–Crippen LogP) is 5.32. The summed E-state index contributed by atoms with van der Waals surface area (Å²) in [6, 6.07) is 10.2. The molecule has 2 rings (SSSR count). The lowest BCUT2D eigenvalue weighted by Gasteiger charge is -2.29. The molecule has 168 valence electrons. The highest BCUT2D eigenvalue weighted by Crippen LogP contribution is 2.24. The summed E-state index contributed by atoms with van der Waals surface area (Å²) >= 11 is 12.3. The number of halogens is 2. The summed E-state index contributed by atoms with van der Waals surface area (Å²) in [4.78, 5) is 27.3. The molecule has 31 heavy (non-hydrogen) atoms. The van der Waals surface area contributed by atoms with Crippen molar-refractivity contribution in [2.24, 2.45) is 0 Å². The highest BCUT2D eigenvalue weighted by molar-refractivity contribution is 6.35. The number of carbonyl (C=O) groups excluding carboxylic acids is 2. The van der Waals surface area contributed by atoms with E-state index in [0.29, 0.717) is 27.9 Å². The van der Waals surface area contributed by atoms with Gasteiger partial charge in [0.1, 0.15) is 11.8 Å². The van der Waals surface area contributed by atoms with Crippen LogP contribution in [0.4, 0.5) is 0 Å². The van der Waals surface area contributed by atoms with Crippen molar-refractivity contribution in [2.45, 2.75) is 53.1 Å². The van der Waals surface area contributed by atoms with Crippen LogP contribution in [-0.2, 0) is 16.1 Å². The van der Waals surface area contributed by atoms with Gasteiger partial charge in [-0.25, -0.2) is 0 Å². The Morgan fingerprint density at radius 3 is 2.52 bits per heavy atom. The van der Waals surface area contributed by atoms with E-state index in [-0.39, 0.29) is 25.0 Å². The zero-order valence-electron chi connectivity index (χ0n) is 18.5. The SMILES string of the molecule is CCCCNC(=O)[C@H](C)N(Cc1ccc(Cl)cc1Cl)C(=O)COc1ccc(C)cc1C. The maximum absolute atomic E-state index is 13.1. The maximum atomic E-state index is 13.1. The van der Waals surface area contributed by atoms with E-state index in [1.165, 1.54) is 4.90 Å². The molecule has 5 nitrogen and oxygen atoms in total. The molecule has 2 aromatic rings. The van der Waals surface area contributed by atoms with Crippen LogP contribution < -0.4 is 10.1 Å². The minimum absolute atomic E-state index is 0.174. The Bertz CT molecular complexity index is 918. The minimum Gasteiger partial charge on any atom is -0.483 e. The van der Waals surface area contributed by atoms with E-state index >= 15 is 0 Å². The van der Waals surface area contributed by atoms with Crippen molar-refractivity contribution in [3.05, 3.63) is 63.1 Å². The molecule has 7 heteroatoms. The lowest BCUT2D eigenvalue weighted by Crippen LogP contribution is -2.49. The molecule has 0 aliphatic rings. The smallest absolute Gasteiger partial charge is 0.261 e. The molecule has 0 aliphatic heterocycles. The van der Waals surface area contributed by atoms with Gasteiger partial charge in [-0.05, 0) is 56.5 Å². The third kappa shape index (κ3) is 7.44. The van der Waals surface area contributed by atoms with Gasteiger partial charge in [-0.1, -0.05) is 60.3 Å². The number of ether oxygens (including phenoxy) is 1. The topological polar surface area (TPSA) is 58.6 Å². The van der Waals surface area contributed by atoms with Crippen LogP contribution in [0.3, 0.4) is 0 Å². The summed E-state index contributed by atoms with van der Waals surface area (Å²) in [6.07, 6.45) is 1.85. The summed E-state index contributed by atoms with van der Waals surface area (Å²) in [6.45, 7) is 8.26. The van der Waals surface area contributed by atoms with E-state index in [1.54, 1.807) is 25.1 Å². The van der Waals surface area contributed by atoms with Gasteiger partial charge in [0.25, 0.3) is 5.91 Å². The Labute approximate surface area is 194 Å². The van der Waals surface area contributed by atoms with Gasteiger partial charge in [0.15, 0.2) is 6.61 Å². The van der Waals surface area contributed by atoms with Crippen LogP contribution in [0, 0.1) is 13.8 Å². The fourth-order valence-corrected chi connectivity index (χ4v) is 3.60. The summed E-state index contributed by atoms with van der Waals surface area (Å²) in [7, 11) is 0. The number of benzene rings is 2. The van der Waals surface area contributed by atoms with Gasteiger partial charge in [-0.3, -0.25) is 9.59 Å². The van der Waals surface area contributed by atoms with Crippen LogP contribution in [0.5, 0.6) is 5.75 Å². The third-order valence-corrected chi connectivity index (χ3v) is 5.62. The predicted molar refractivity (Wildman–Crippen MR) is 126 cm³/mol. The third-order valence-electron chi connectivity index (χ3n) is 5.03. The Hall–Kier alpha value is -2.24. The molecular weight excluding hydrogens is 435 g/mol. The van der Waals surface area contributed by atoms with Crippen molar-refractivity contribution in [3.63, 3.8) is 0 Å². The molecule has 0 spiro atoms. The zero-order chi connectivity index (χ0) is 23.0. The van der Waals surface area contributed by atoms with E-state index in [9.17, 15) is 9.59 Å². The van der Waals surface area contributed by atoms with Crippen LogP contribution in [-0.4, -0.2) is 35.9 Å². The fourth-order valence-electron chi connectivity index (χ4n) is 3.14. The van der Waals surface area contributed by atoms with Crippen molar-refractivity contribution >= 4 is 35.0 Å². The molecule has 1 N–H and O–H groups in total. The average molecular weight is 465 g/mol. The molecule has 0 unspecified atom stereocenters. The largest absolute Gasteiger partial charge is 0.483 e. The second kappa shape index (κ2) is 12.0. The first-order valence-corrected chi connectivity index (χ1v) is 11.2. The Morgan fingerprint density at radius 2 is 1.87 bits per heavy atom. The highest BCUT2D eigenvalue weighted by Gasteiger charge is 2.27. The van der Waals surface area contributed by atoms with Crippen molar-refractivity contribution in [1.82, 2.24) is 10.2 Å². The summed E-state index contributed by atoms with van der Waals surface area (Å²) in [5, 5.41) is 3.84. The first-order valence-electron chi connectivity index (χ1n) is 10.4. The van der Waals surface area contributed by atoms with E-state index in [1.807, 2.05) is 32.0 Å². The second-order valence-corrected chi connectivity index (χ2v) is 8.48. The molecule has 1 atom stereocenters. The van der Waals surface area contributed by atoms with Crippen LogP contribution in [0.25, 0.3) is 0 Å². The van der Waals surface area contributed by atoms with Crippen LogP contribution in [0.15, 0.2) is 36.4 Å². The van der Waals surface area contributed by atoms with Gasteiger partial charge in [-0.15, -0.1) is 0 Å². The Morgan fingerprint density at radius 1 is 1.13 bits per heavy atom. The fraction of sp³-hybridized carbons (Fsp3) is 0.417. The summed E-state index contributed by atoms with van der Waals surface area (Å²) < 4.78 is 5.77. The Balaban J connectivity index is 2.18. The van der Waals surface area contributed by atoms with Gasteiger partial charge >= 0.3 is 0 Å². The number of hydrogen-bond donors (Lipinski definition) is 1. The molecule has 0 saturated heterocycles. The standard InChI is InChI=1S/C24H30Cl2N2O3/c1-5-6-11-27-24(30)18(4)28(14-19-8-9-20(25)13-21(19)26)23(29)15-31-22-10-7-16(2)12-17(22)3/h7-10,12-13,18H,5-6,11,14-15H2,1-4H3,(H,27,30)/t18-/m0/s1. The maximum Gasteiger partial charge on any atom is 0.261 e. The minimum atomic E-state index is -0.682. The first-order chi connectivity index (χ1) is 14.7. The van der Waals surface area contributed by atoms with Crippen molar-refractivity contribution in [3.8, 4) is 5.75 Å². The van der Waals surface area contributed by atoms with Crippen molar-refractivity contribution in [2.75, 3.05) is 13.2 Å².